The van der Waals surface area contributed by atoms with Crippen LogP contribution in [-0.2, 0) is 10.3 Å². The summed E-state index contributed by atoms with van der Waals surface area (Å²) in [5.74, 6) is 1.66. The lowest BCUT2D eigenvalue weighted by Crippen LogP contribution is -2.25. The van der Waals surface area contributed by atoms with Crippen molar-refractivity contribution in [2.24, 2.45) is 5.73 Å². The standard InChI is InChI=1S/C30H40N6O6/c1-19(31)6-7-20(2)40-28-17-22(14-15-32-28)33-27-18-26(34-35(27)30(3,4)5)21-8-11-25(16-21)42-29(37)41-24-12-9-23(10-13-24)36(38)39/h9-10,12-15,17-21,25H,6-8,11,16,31H2,1-5H3,(H,32,33)/t19-,20+,21+,25-/m1/s1. The molecule has 1 aliphatic carbocycles. The number of carbonyl (C=O) groups excluding carboxylic acids is 1. The van der Waals surface area contributed by atoms with Crippen molar-refractivity contribution < 1.29 is 23.9 Å². The van der Waals surface area contributed by atoms with Crippen molar-refractivity contribution in [2.45, 2.75) is 96.4 Å². The molecule has 0 spiro atoms. The zero-order valence-electron chi connectivity index (χ0n) is 24.8. The van der Waals surface area contributed by atoms with Crippen LogP contribution in [0.5, 0.6) is 11.6 Å². The van der Waals surface area contributed by atoms with Crippen molar-refractivity contribution in [1.82, 2.24) is 14.8 Å². The molecule has 0 radical (unpaired) electrons. The van der Waals surface area contributed by atoms with Crippen molar-refractivity contribution in [2.75, 3.05) is 5.32 Å². The molecule has 3 aromatic rings. The molecule has 2 aromatic heterocycles. The molecule has 1 aliphatic rings. The molecule has 1 aromatic carbocycles. The van der Waals surface area contributed by atoms with E-state index in [4.69, 9.17) is 25.0 Å². The normalized spacial score (nSPS) is 18.2. The summed E-state index contributed by atoms with van der Waals surface area (Å²) in [6, 6.07) is 11.2. The second kappa shape index (κ2) is 13.2. The first-order chi connectivity index (χ1) is 19.9. The van der Waals surface area contributed by atoms with E-state index in [9.17, 15) is 14.9 Å². The molecular formula is C30H40N6O6. The molecule has 12 heteroatoms. The highest BCUT2D eigenvalue weighted by atomic mass is 16.7. The Labute approximate surface area is 245 Å². The second-order valence-corrected chi connectivity index (χ2v) is 11.9. The number of hydrogen-bond donors (Lipinski definition) is 2. The molecule has 12 nitrogen and oxygen atoms in total. The third kappa shape index (κ3) is 8.41. The van der Waals surface area contributed by atoms with Crippen molar-refractivity contribution in [1.29, 1.82) is 0 Å². The Morgan fingerprint density at radius 1 is 1.17 bits per heavy atom. The van der Waals surface area contributed by atoms with E-state index in [1.807, 2.05) is 36.7 Å². The van der Waals surface area contributed by atoms with Crippen LogP contribution in [0, 0.1) is 10.1 Å². The number of nitrogens with zero attached hydrogens (tertiary/aromatic N) is 4. The highest BCUT2D eigenvalue weighted by molar-refractivity contribution is 5.64. The summed E-state index contributed by atoms with van der Waals surface area (Å²) in [5, 5.41) is 19.2. The van der Waals surface area contributed by atoms with E-state index in [0.717, 1.165) is 36.5 Å². The van der Waals surface area contributed by atoms with Gasteiger partial charge in [0.05, 0.1) is 22.3 Å². The number of hydrogen-bond acceptors (Lipinski definition) is 10. The highest BCUT2D eigenvalue weighted by Crippen LogP contribution is 2.38. The number of aromatic nitrogens is 3. The molecule has 226 valence electrons. The van der Waals surface area contributed by atoms with Crippen molar-refractivity contribution in [3.05, 3.63) is 64.5 Å². The summed E-state index contributed by atoms with van der Waals surface area (Å²) in [6.07, 6.45) is 4.37. The molecule has 0 aliphatic heterocycles. The van der Waals surface area contributed by atoms with E-state index in [2.05, 4.69) is 31.1 Å². The van der Waals surface area contributed by atoms with Crippen LogP contribution in [-0.4, -0.2) is 44.1 Å². The number of non-ortho nitro benzene ring substituents is 1. The summed E-state index contributed by atoms with van der Waals surface area (Å²) in [4.78, 5) is 27.0. The minimum absolute atomic E-state index is 0.00518. The van der Waals surface area contributed by atoms with E-state index >= 15 is 0 Å². The Balaban J connectivity index is 1.39. The average Bonchev–Trinajstić information content (AvgIpc) is 3.55. The molecule has 2 heterocycles. The van der Waals surface area contributed by atoms with E-state index in [0.29, 0.717) is 18.7 Å². The number of nitrogens with one attached hydrogen (secondary N) is 1. The Morgan fingerprint density at radius 2 is 1.90 bits per heavy atom. The van der Waals surface area contributed by atoms with Crippen LogP contribution >= 0.6 is 0 Å². The van der Waals surface area contributed by atoms with Gasteiger partial charge in [0.25, 0.3) is 5.69 Å². The van der Waals surface area contributed by atoms with Gasteiger partial charge in [-0.3, -0.25) is 10.1 Å². The van der Waals surface area contributed by atoms with Crippen LogP contribution in [0.25, 0.3) is 0 Å². The first-order valence-corrected chi connectivity index (χ1v) is 14.3. The van der Waals surface area contributed by atoms with E-state index in [-0.39, 0.29) is 41.1 Å². The first-order valence-electron chi connectivity index (χ1n) is 14.3. The van der Waals surface area contributed by atoms with E-state index in [1.54, 1.807) is 6.20 Å². The number of carbonyl (C=O) groups is 1. The van der Waals surface area contributed by atoms with Crippen molar-refractivity contribution in [3.8, 4) is 11.6 Å². The van der Waals surface area contributed by atoms with E-state index in [1.165, 1.54) is 24.3 Å². The zero-order valence-corrected chi connectivity index (χ0v) is 24.8. The van der Waals surface area contributed by atoms with Crippen molar-refractivity contribution in [3.63, 3.8) is 0 Å². The fourth-order valence-electron chi connectivity index (χ4n) is 4.87. The molecule has 0 unspecified atom stereocenters. The lowest BCUT2D eigenvalue weighted by atomic mass is 10.0. The van der Waals surface area contributed by atoms with E-state index < -0.39 is 11.1 Å². The number of nitro groups is 1. The van der Waals surface area contributed by atoms with Crippen LogP contribution in [0.2, 0.25) is 0 Å². The van der Waals surface area contributed by atoms with Gasteiger partial charge in [-0.1, -0.05) is 0 Å². The molecule has 4 rings (SSSR count). The van der Waals surface area contributed by atoms with Gasteiger partial charge in [-0.2, -0.15) is 5.10 Å². The smallest absolute Gasteiger partial charge is 0.475 e. The summed E-state index contributed by atoms with van der Waals surface area (Å²) >= 11 is 0. The Morgan fingerprint density at radius 3 is 2.57 bits per heavy atom. The van der Waals surface area contributed by atoms with Crippen LogP contribution in [0.1, 0.15) is 78.3 Å². The monoisotopic (exact) mass is 580 g/mol. The number of anilines is 2. The quantitative estimate of drug-likeness (QED) is 0.112. The molecular weight excluding hydrogens is 540 g/mol. The Bertz CT molecular complexity index is 1370. The molecule has 0 amide bonds. The van der Waals surface area contributed by atoms with Crippen LogP contribution in [0.3, 0.4) is 0 Å². The van der Waals surface area contributed by atoms with Crippen LogP contribution < -0.4 is 20.5 Å². The molecule has 1 saturated carbocycles. The highest BCUT2D eigenvalue weighted by Gasteiger charge is 2.32. The number of benzene rings is 1. The maximum atomic E-state index is 12.4. The average molecular weight is 581 g/mol. The zero-order chi connectivity index (χ0) is 30.4. The van der Waals surface area contributed by atoms with Gasteiger partial charge in [0.2, 0.25) is 5.88 Å². The molecule has 42 heavy (non-hydrogen) atoms. The number of rotatable bonds is 11. The third-order valence-electron chi connectivity index (χ3n) is 7.04. The third-order valence-corrected chi connectivity index (χ3v) is 7.04. The van der Waals surface area contributed by atoms with Gasteiger partial charge < -0.3 is 25.3 Å². The van der Waals surface area contributed by atoms with Crippen LogP contribution in [0.15, 0.2) is 48.7 Å². The lowest BCUT2D eigenvalue weighted by Gasteiger charge is -2.23. The maximum absolute atomic E-state index is 12.4. The molecule has 1 fully saturated rings. The predicted molar refractivity (Wildman–Crippen MR) is 158 cm³/mol. The number of nitrogens with two attached hydrogens (primary N) is 1. The maximum Gasteiger partial charge on any atom is 0.514 e. The molecule has 0 saturated heterocycles. The summed E-state index contributed by atoms with van der Waals surface area (Å²) < 4.78 is 18.7. The topological polar surface area (TPSA) is 157 Å². The SMILES string of the molecule is C[C@@H](N)CC[C@H](C)Oc1cc(Nc2cc([C@H]3CC[C@@H](OC(=O)Oc4ccc([N+](=O)[O-])cc4)C3)nn2C(C)(C)C)ccn1. The van der Waals surface area contributed by atoms with Gasteiger partial charge in [-0.15, -0.1) is 0 Å². The fraction of sp³-hybridized carbons (Fsp3) is 0.500. The van der Waals surface area contributed by atoms with Gasteiger partial charge in [0, 0.05) is 48.1 Å². The summed E-state index contributed by atoms with van der Waals surface area (Å²) in [7, 11) is 0. The van der Waals surface area contributed by atoms with Gasteiger partial charge in [0.15, 0.2) is 0 Å². The van der Waals surface area contributed by atoms with Crippen LogP contribution in [0.4, 0.5) is 22.0 Å². The Kier molecular flexibility index (Phi) is 9.66. The fourth-order valence-corrected chi connectivity index (χ4v) is 4.87. The predicted octanol–water partition coefficient (Wildman–Crippen LogP) is 6.43. The molecule has 3 N–H and O–H groups in total. The van der Waals surface area contributed by atoms with Gasteiger partial charge in [0.1, 0.15) is 17.7 Å². The largest absolute Gasteiger partial charge is 0.514 e. The Hall–Kier alpha value is -4.19. The summed E-state index contributed by atoms with van der Waals surface area (Å²) in [6.45, 7) is 10.3. The van der Waals surface area contributed by atoms with Gasteiger partial charge >= 0.3 is 6.16 Å². The lowest BCUT2D eigenvalue weighted by molar-refractivity contribution is -0.384. The number of pyridine rings is 1. The first kappa shape index (κ1) is 30.8. The molecule has 4 atom stereocenters. The molecule has 0 bridgehead atoms. The minimum atomic E-state index is -0.834. The number of ether oxygens (including phenoxy) is 3. The minimum Gasteiger partial charge on any atom is -0.475 e. The van der Waals surface area contributed by atoms with Crippen molar-refractivity contribution >= 4 is 23.3 Å². The van der Waals surface area contributed by atoms with Gasteiger partial charge in [-0.05, 0) is 84.9 Å². The second-order valence-electron chi connectivity index (χ2n) is 11.9. The summed E-state index contributed by atoms with van der Waals surface area (Å²) in [5.41, 5.74) is 7.25. The number of nitro benzene ring substituents is 1. The van der Waals surface area contributed by atoms with Gasteiger partial charge in [-0.25, -0.2) is 14.5 Å².